The minimum absolute atomic E-state index is 0.579. The minimum atomic E-state index is 0.579. The van der Waals surface area contributed by atoms with E-state index in [1.165, 1.54) is 82.6 Å². The second-order valence-corrected chi connectivity index (χ2v) is 8.82. The van der Waals surface area contributed by atoms with Gasteiger partial charge in [0.25, 0.3) is 0 Å². The highest BCUT2D eigenvalue weighted by molar-refractivity contribution is 7.99. The number of thioether (sulfide) groups is 1. The third-order valence-corrected chi connectivity index (χ3v) is 6.45. The van der Waals surface area contributed by atoms with Crippen molar-refractivity contribution in [2.75, 3.05) is 37.7 Å². The second kappa shape index (κ2) is 7.02. The minimum Gasteiger partial charge on any atom is -0.313 e. The van der Waals surface area contributed by atoms with Crippen LogP contribution in [0.4, 0.5) is 0 Å². The highest BCUT2D eigenvalue weighted by Gasteiger charge is 2.37. The van der Waals surface area contributed by atoms with Crippen LogP contribution in [-0.2, 0) is 0 Å². The molecule has 0 aromatic heterocycles. The van der Waals surface area contributed by atoms with Gasteiger partial charge in [-0.2, -0.15) is 11.8 Å². The lowest BCUT2D eigenvalue weighted by Crippen LogP contribution is -2.47. The lowest BCUT2D eigenvalue weighted by atomic mass is 9.69. The Morgan fingerprint density at radius 1 is 1.15 bits per heavy atom. The first kappa shape index (κ1) is 15.2. The molecule has 3 rings (SSSR count). The van der Waals surface area contributed by atoms with Gasteiger partial charge in [-0.05, 0) is 55.7 Å². The predicted octanol–water partition coefficient (Wildman–Crippen LogP) is 3.37. The molecule has 1 saturated heterocycles. The molecule has 2 saturated carbocycles. The zero-order valence-electron chi connectivity index (χ0n) is 13.2. The first-order valence-electron chi connectivity index (χ1n) is 8.79. The molecule has 0 spiro atoms. The van der Waals surface area contributed by atoms with Crippen molar-refractivity contribution in [1.29, 1.82) is 0 Å². The third-order valence-electron chi connectivity index (χ3n) is 5.40. The summed E-state index contributed by atoms with van der Waals surface area (Å²) in [7, 11) is 0. The summed E-state index contributed by atoms with van der Waals surface area (Å²) in [4.78, 5) is 2.78. The quantitative estimate of drug-likeness (QED) is 0.837. The van der Waals surface area contributed by atoms with Crippen molar-refractivity contribution in [2.24, 2.45) is 11.3 Å². The first-order valence-corrected chi connectivity index (χ1v) is 9.95. The molecule has 3 aliphatic rings. The van der Waals surface area contributed by atoms with E-state index in [4.69, 9.17) is 0 Å². The highest BCUT2D eigenvalue weighted by Crippen LogP contribution is 2.40. The van der Waals surface area contributed by atoms with Gasteiger partial charge in [-0.3, -0.25) is 0 Å². The summed E-state index contributed by atoms with van der Waals surface area (Å²) in [5.74, 6) is 3.66. The summed E-state index contributed by atoms with van der Waals surface area (Å²) >= 11 is 2.15. The van der Waals surface area contributed by atoms with Crippen molar-refractivity contribution in [3.63, 3.8) is 0 Å². The third kappa shape index (κ3) is 4.38. The van der Waals surface area contributed by atoms with Crippen LogP contribution in [0.2, 0.25) is 0 Å². The molecule has 1 heterocycles. The number of rotatable bonds is 5. The average molecular weight is 297 g/mol. The van der Waals surface area contributed by atoms with Gasteiger partial charge in [-0.1, -0.05) is 19.8 Å². The Balaban J connectivity index is 1.60. The maximum absolute atomic E-state index is 3.86. The molecule has 0 amide bonds. The van der Waals surface area contributed by atoms with Gasteiger partial charge in [-0.25, -0.2) is 0 Å². The lowest BCUT2D eigenvalue weighted by molar-refractivity contribution is 0.0832. The molecule has 0 bridgehead atoms. The lowest BCUT2D eigenvalue weighted by Gasteiger charge is -2.43. The van der Waals surface area contributed by atoms with E-state index < -0.39 is 0 Å². The number of nitrogens with zero attached hydrogens (tertiary/aromatic N) is 1. The molecule has 3 heteroatoms. The number of hydrogen-bond donors (Lipinski definition) is 1. The molecule has 0 aromatic rings. The van der Waals surface area contributed by atoms with E-state index in [0.29, 0.717) is 5.41 Å². The molecule has 116 valence electrons. The van der Waals surface area contributed by atoms with Crippen LogP contribution >= 0.6 is 11.8 Å². The Morgan fingerprint density at radius 3 is 2.85 bits per heavy atom. The Morgan fingerprint density at radius 2 is 2.05 bits per heavy atom. The van der Waals surface area contributed by atoms with E-state index in [1.807, 2.05) is 0 Å². The highest BCUT2D eigenvalue weighted by atomic mass is 32.2. The fraction of sp³-hybridized carbons (Fsp3) is 1.00. The molecule has 3 fully saturated rings. The van der Waals surface area contributed by atoms with Gasteiger partial charge in [0.1, 0.15) is 0 Å². The molecule has 2 nitrogen and oxygen atoms in total. The zero-order valence-corrected chi connectivity index (χ0v) is 14.0. The molecular weight excluding hydrogens is 264 g/mol. The number of nitrogens with one attached hydrogen (secondary N) is 1. The van der Waals surface area contributed by atoms with E-state index in [9.17, 15) is 0 Å². The largest absolute Gasteiger partial charge is 0.313 e. The van der Waals surface area contributed by atoms with Crippen LogP contribution in [0.3, 0.4) is 0 Å². The van der Waals surface area contributed by atoms with Crippen LogP contribution in [0.15, 0.2) is 0 Å². The molecular formula is C17H32N2S. The van der Waals surface area contributed by atoms with Crippen molar-refractivity contribution in [1.82, 2.24) is 10.2 Å². The summed E-state index contributed by atoms with van der Waals surface area (Å²) in [6.45, 7) is 7.78. The fourth-order valence-corrected chi connectivity index (χ4v) is 5.13. The van der Waals surface area contributed by atoms with E-state index in [-0.39, 0.29) is 0 Å². The first-order chi connectivity index (χ1) is 9.76. The Labute approximate surface area is 129 Å². The molecule has 0 radical (unpaired) electrons. The summed E-state index contributed by atoms with van der Waals surface area (Å²) in [6, 6.07) is 0.865. The second-order valence-electron chi connectivity index (χ2n) is 7.60. The van der Waals surface area contributed by atoms with Crippen molar-refractivity contribution in [3.8, 4) is 0 Å². The van der Waals surface area contributed by atoms with Crippen LogP contribution in [-0.4, -0.2) is 48.6 Å². The van der Waals surface area contributed by atoms with Crippen molar-refractivity contribution in [3.05, 3.63) is 0 Å². The molecule has 20 heavy (non-hydrogen) atoms. The van der Waals surface area contributed by atoms with Gasteiger partial charge >= 0.3 is 0 Å². The van der Waals surface area contributed by atoms with Gasteiger partial charge in [0.2, 0.25) is 0 Å². The van der Waals surface area contributed by atoms with E-state index in [0.717, 1.165) is 12.0 Å². The number of hydrogen-bond acceptors (Lipinski definition) is 3. The topological polar surface area (TPSA) is 15.3 Å². The average Bonchev–Trinajstić information content (AvgIpc) is 3.24. The fourth-order valence-electron chi connectivity index (χ4n) is 4.21. The molecule has 0 aromatic carbocycles. The summed E-state index contributed by atoms with van der Waals surface area (Å²) < 4.78 is 0. The standard InChI is InChI=1S/C17H32N2S/c1-15-4-2-7-17(12-15,13-18-16-5-6-16)14-19-8-3-10-20-11-9-19/h15-16,18H,2-14H2,1H3. The summed E-state index contributed by atoms with van der Waals surface area (Å²) in [5.41, 5.74) is 0.579. The Bertz CT molecular complexity index is 297. The van der Waals surface area contributed by atoms with Crippen molar-refractivity contribution in [2.45, 2.75) is 57.9 Å². The Hall–Kier alpha value is 0.270. The monoisotopic (exact) mass is 296 g/mol. The molecule has 1 N–H and O–H groups in total. The van der Waals surface area contributed by atoms with Crippen molar-refractivity contribution < 1.29 is 0 Å². The van der Waals surface area contributed by atoms with E-state index >= 15 is 0 Å². The summed E-state index contributed by atoms with van der Waals surface area (Å²) in [6.07, 6.45) is 10.1. The van der Waals surface area contributed by atoms with Gasteiger partial charge in [0.05, 0.1) is 0 Å². The SMILES string of the molecule is CC1CCCC(CNC2CC2)(CN2CCCSCC2)C1. The van der Waals surface area contributed by atoms with Crippen LogP contribution in [0, 0.1) is 11.3 Å². The Kier molecular flexibility index (Phi) is 5.33. The van der Waals surface area contributed by atoms with E-state index in [2.05, 4.69) is 28.9 Å². The zero-order chi connectivity index (χ0) is 13.8. The van der Waals surface area contributed by atoms with Gasteiger partial charge in [0, 0.05) is 31.4 Å². The van der Waals surface area contributed by atoms with E-state index in [1.54, 1.807) is 0 Å². The van der Waals surface area contributed by atoms with Gasteiger partial charge in [-0.15, -0.1) is 0 Å². The van der Waals surface area contributed by atoms with Crippen LogP contribution in [0.25, 0.3) is 0 Å². The molecule has 2 atom stereocenters. The molecule has 1 aliphatic heterocycles. The normalized spacial score (nSPS) is 36.8. The van der Waals surface area contributed by atoms with Crippen LogP contribution in [0.1, 0.15) is 51.9 Å². The van der Waals surface area contributed by atoms with Crippen LogP contribution < -0.4 is 5.32 Å². The van der Waals surface area contributed by atoms with Crippen LogP contribution in [0.5, 0.6) is 0 Å². The smallest absolute Gasteiger partial charge is 0.00726 e. The maximum Gasteiger partial charge on any atom is 0.00726 e. The predicted molar refractivity (Wildman–Crippen MR) is 89.5 cm³/mol. The van der Waals surface area contributed by atoms with Gasteiger partial charge < -0.3 is 10.2 Å². The summed E-state index contributed by atoms with van der Waals surface area (Å²) in [5, 5.41) is 3.86. The molecule has 2 unspecified atom stereocenters. The van der Waals surface area contributed by atoms with Gasteiger partial charge in [0.15, 0.2) is 0 Å². The van der Waals surface area contributed by atoms with Crippen molar-refractivity contribution >= 4 is 11.8 Å². The molecule has 2 aliphatic carbocycles. The maximum atomic E-state index is 3.86.